The van der Waals surface area contributed by atoms with Crippen molar-refractivity contribution in [2.45, 2.75) is 12.3 Å². The standard InChI is InChI=1S/C28H23N3O2/c1-2-33-27(32)28(21-15-29-24-12-6-3-9-18(21)24,22-16-30-25-13-7-4-10-19(22)25)23-17-31-26-14-8-5-11-20(23)26/h3-17,29-31H,2H2,1H3. The van der Waals surface area contributed by atoms with Gasteiger partial charge in [-0.25, -0.2) is 0 Å². The van der Waals surface area contributed by atoms with Crippen molar-refractivity contribution in [3.05, 3.63) is 108 Å². The third kappa shape index (κ3) is 2.69. The summed E-state index contributed by atoms with van der Waals surface area (Å²) >= 11 is 0. The van der Waals surface area contributed by atoms with Gasteiger partial charge in [0.1, 0.15) is 5.41 Å². The second kappa shape index (κ2) is 7.41. The zero-order valence-corrected chi connectivity index (χ0v) is 18.2. The zero-order chi connectivity index (χ0) is 22.4. The van der Waals surface area contributed by atoms with E-state index in [2.05, 4.69) is 33.2 Å². The van der Waals surface area contributed by atoms with Crippen molar-refractivity contribution >= 4 is 38.7 Å². The number of esters is 1. The van der Waals surface area contributed by atoms with Crippen LogP contribution in [0.25, 0.3) is 32.7 Å². The van der Waals surface area contributed by atoms with Crippen LogP contribution in [-0.4, -0.2) is 27.5 Å². The number of H-pyrrole nitrogens is 3. The van der Waals surface area contributed by atoms with E-state index >= 15 is 0 Å². The van der Waals surface area contributed by atoms with E-state index in [0.717, 1.165) is 49.4 Å². The molecule has 0 aliphatic heterocycles. The molecule has 0 bridgehead atoms. The minimum Gasteiger partial charge on any atom is -0.465 e. The fraction of sp³-hybridized carbons (Fsp3) is 0.107. The summed E-state index contributed by atoms with van der Waals surface area (Å²) in [5, 5.41) is 2.96. The number of carbonyl (C=O) groups excluding carboxylic acids is 1. The Hall–Kier alpha value is -4.25. The van der Waals surface area contributed by atoms with Crippen molar-refractivity contribution in [1.29, 1.82) is 0 Å². The molecule has 0 amide bonds. The van der Waals surface area contributed by atoms with E-state index in [1.54, 1.807) is 0 Å². The average Bonchev–Trinajstić information content (AvgIpc) is 3.58. The Balaban J connectivity index is 1.82. The molecule has 0 spiro atoms. The summed E-state index contributed by atoms with van der Waals surface area (Å²) in [6.07, 6.45) is 5.85. The van der Waals surface area contributed by atoms with E-state index in [1.807, 2.05) is 80.1 Å². The van der Waals surface area contributed by atoms with Gasteiger partial charge in [0.25, 0.3) is 0 Å². The number of para-hydroxylation sites is 3. The molecule has 0 radical (unpaired) electrons. The van der Waals surface area contributed by atoms with Gasteiger partial charge in [0, 0.05) is 68.0 Å². The Kier molecular flexibility index (Phi) is 4.37. The largest absolute Gasteiger partial charge is 0.465 e. The lowest BCUT2D eigenvalue weighted by molar-refractivity contribution is -0.146. The van der Waals surface area contributed by atoms with Crippen molar-refractivity contribution in [2.75, 3.05) is 6.61 Å². The van der Waals surface area contributed by atoms with Gasteiger partial charge in [0.05, 0.1) is 6.61 Å². The molecule has 6 rings (SSSR count). The van der Waals surface area contributed by atoms with Gasteiger partial charge in [0.15, 0.2) is 0 Å². The van der Waals surface area contributed by atoms with Crippen LogP contribution in [0.3, 0.4) is 0 Å². The Labute approximate surface area is 190 Å². The van der Waals surface area contributed by atoms with E-state index < -0.39 is 5.41 Å². The number of rotatable bonds is 5. The summed E-state index contributed by atoms with van der Waals surface area (Å²) < 4.78 is 5.84. The highest BCUT2D eigenvalue weighted by atomic mass is 16.5. The van der Waals surface area contributed by atoms with E-state index in [-0.39, 0.29) is 12.6 Å². The molecule has 0 aliphatic rings. The number of ether oxygens (including phenoxy) is 1. The van der Waals surface area contributed by atoms with Crippen LogP contribution in [-0.2, 0) is 14.9 Å². The number of hydrogen-bond donors (Lipinski definition) is 3. The molecule has 3 aromatic heterocycles. The molecular weight excluding hydrogens is 410 g/mol. The fourth-order valence-corrected chi connectivity index (χ4v) is 5.15. The van der Waals surface area contributed by atoms with Crippen LogP contribution in [0, 0.1) is 0 Å². The minimum atomic E-state index is -1.19. The van der Waals surface area contributed by atoms with Crippen molar-refractivity contribution in [1.82, 2.24) is 15.0 Å². The summed E-state index contributed by atoms with van der Waals surface area (Å²) in [7, 11) is 0. The second-order valence-electron chi connectivity index (χ2n) is 8.21. The Morgan fingerprint density at radius 3 is 1.39 bits per heavy atom. The molecule has 6 aromatic rings. The maximum Gasteiger partial charge on any atom is 0.325 e. The van der Waals surface area contributed by atoms with Gasteiger partial charge in [-0.15, -0.1) is 0 Å². The van der Waals surface area contributed by atoms with Crippen molar-refractivity contribution in [3.8, 4) is 0 Å². The van der Waals surface area contributed by atoms with Crippen LogP contribution in [0.5, 0.6) is 0 Å². The topological polar surface area (TPSA) is 73.7 Å². The van der Waals surface area contributed by atoms with Gasteiger partial charge in [-0.2, -0.15) is 0 Å². The quantitative estimate of drug-likeness (QED) is 0.291. The van der Waals surface area contributed by atoms with E-state index in [1.165, 1.54) is 0 Å². The number of hydrogen-bond acceptors (Lipinski definition) is 2. The number of carbonyl (C=O) groups is 1. The molecule has 0 unspecified atom stereocenters. The molecule has 3 heterocycles. The first kappa shape index (κ1) is 19.4. The molecule has 33 heavy (non-hydrogen) atoms. The van der Waals surface area contributed by atoms with Crippen molar-refractivity contribution in [2.24, 2.45) is 0 Å². The summed E-state index contributed by atoms with van der Waals surface area (Å²) in [6, 6.07) is 24.2. The zero-order valence-electron chi connectivity index (χ0n) is 18.2. The monoisotopic (exact) mass is 433 g/mol. The van der Waals surface area contributed by atoms with Crippen LogP contribution in [0.15, 0.2) is 91.4 Å². The molecule has 0 fully saturated rings. The third-order valence-corrected chi connectivity index (χ3v) is 6.56. The lowest BCUT2D eigenvalue weighted by atomic mass is 9.69. The van der Waals surface area contributed by atoms with Crippen LogP contribution in [0.4, 0.5) is 0 Å². The molecule has 3 N–H and O–H groups in total. The SMILES string of the molecule is CCOC(=O)C(c1c[nH]c2ccccc12)(c1c[nH]c2ccccc12)c1c[nH]c2ccccc12. The van der Waals surface area contributed by atoms with Gasteiger partial charge in [-0.05, 0) is 25.1 Å². The highest BCUT2D eigenvalue weighted by Gasteiger charge is 2.49. The first-order valence-electron chi connectivity index (χ1n) is 11.1. The maximum absolute atomic E-state index is 14.2. The number of benzene rings is 3. The molecular formula is C28H23N3O2. The summed E-state index contributed by atoms with van der Waals surface area (Å²) in [4.78, 5) is 24.4. The first-order chi connectivity index (χ1) is 16.2. The first-order valence-corrected chi connectivity index (χ1v) is 11.1. The maximum atomic E-state index is 14.2. The molecule has 5 heteroatoms. The van der Waals surface area contributed by atoms with Crippen LogP contribution in [0.2, 0.25) is 0 Å². The highest BCUT2D eigenvalue weighted by Crippen LogP contribution is 2.48. The molecule has 0 aliphatic carbocycles. The molecule has 5 nitrogen and oxygen atoms in total. The van der Waals surface area contributed by atoms with Crippen LogP contribution in [0.1, 0.15) is 23.6 Å². The smallest absolute Gasteiger partial charge is 0.325 e. The van der Waals surface area contributed by atoms with Crippen molar-refractivity contribution in [3.63, 3.8) is 0 Å². The molecule has 0 saturated carbocycles. The lowest BCUT2D eigenvalue weighted by Gasteiger charge is -2.31. The normalized spacial score (nSPS) is 12.0. The predicted octanol–water partition coefficient (Wildman–Crippen LogP) is 6.03. The Bertz CT molecular complexity index is 1440. The van der Waals surface area contributed by atoms with E-state index in [9.17, 15) is 4.79 Å². The number of fused-ring (bicyclic) bond motifs is 3. The molecule has 3 aromatic carbocycles. The average molecular weight is 434 g/mol. The summed E-state index contributed by atoms with van der Waals surface area (Å²) in [5.41, 5.74) is 4.33. The minimum absolute atomic E-state index is 0.285. The van der Waals surface area contributed by atoms with E-state index in [0.29, 0.717) is 0 Å². The Morgan fingerprint density at radius 1 is 0.667 bits per heavy atom. The predicted molar refractivity (Wildman–Crippen MR) is 131 cm³/mol. The van der Waals surface area contributed by atoms with Gasteiger partial charge < -0.3 is 19.7 Å². The fourth-order valence-electron chi connectivity index (χ4n) is 5.15. The highest BCUT2D eigenvalue weighted by molar-refractivity contribution is 6.06. The van der Waals surface area contributed by atoms with Crippen molar-refractivity contribution < 1.29 is 9.53 Å². The number of aromatic amines is 3. The lowest BCUT2D eigenvalue weighted by Crippen LogP contribution is -2.39. The third-order valence-electron chi connectivity index (χ3n) is 6.56. The van der Waals surface area contributed by atoms with Crippen LogP contribution >= 0.6 is 0 Å². The van der Waals surface area contributed by atoms with Gasteiger partial charge >= 0.3 is 5.97 Å². The second-order valence-corrected chi connectivity index (χ2v) is 8.21. The molecule has 0 atom stereocenters. The van der Waals surface area contributed by atoms with Gasteiger partial charge in [-0.1, -0.05) is 54.6 Å². The van der Waals surface area contributed by atoms with Gasteiger partial charge in [-0.3, -0.25) is 4.79 Å². The summed E-state index contributed by atoms with van der Waals surface area (Å²) in [5.74, 6) is -0.302. The molecule has 162 valence electrons. The van der Waals surface area contributed by atoms with Crippen LogP contribution < -0.4 is 0 Å². The summed E-state index contributed by atoms with van der Waals surface area (Å²) in [6.45, 7) is 2.13. The van der Waals surface area contributed by atoms with Gasteiger partial charge in [0.2, 0.25) is 0 Å². The van der Waals surface area contributed by atoms with E-state index in [4.69, 9.17) is 4.74 Å². The number of nitrogens with one attached hydrogen (secondary N) is 3. The molecule has 0 saturated heterocycles. The number of aromatic nitrogens is 3. The Morgan fingerprint density at radius 2 is 1.03 bits per heavy atom.